The average Bonchev–Trinajstić information content (AvgIpc) is 2.94. The largest absolute Gasteiger partial charge is 0.301 e. The first-order valence-corrected chi connectivity index (χ1v) is 8.75. The molecule has 0 unspecified atom stereocenters. The molecule has 0 amide bonds. The molecule has 0 spiro atoms. The standard InChI is InChI=1S/C17H32N4/c1-5-6-16-13-21(19-18-16)17-9-11-20(12-10-17)15(4)8-7-14(2)3/h13-15,17H,5-12H2,1-4H3/t15-/m1/s1. The fourth-order valence-corrected chi connectivity index (χ4v) is 3.21. The van der Waals surface area contributed by atoms with Crippen molar-refractivity contribution >= 4 is 0 Å². The van der Waals surface area contributed by atoms with Crippen molar-refractivity contribution in [2.75, 3.05) is 13.1 Å². The van der Waals surface area contributed by atoms with Crippen LogP contribution < -0.4 is 0 Å². The van der Waals surface area contributed by atoms with E-state index in [0.717, 1.165) is 30.5 Å². The second-order valence-corrected chi connectivity index (χ2v) is 7.03. The van der Waals surface area contributed by atoms with Gasteiger partial charge in [-0.15, -0.1) is 5.10 Å². The maximum atomic E-state index is 4.34. The highest BCUT2D eigenvalue weighted by molar-refractivity contribution is 4.94. The van der Waals surface area contributed by atoms with Gasteiger partial charge in [-0.2, -0.15) is 0 Å². The van der Waals surface area contributed by atoms with E-state index in [9.17, 15) is 0 Å². The molecule has 1 atom stereocenters. The lowest BCUT2D eigenvalue weighted by molar-refractivity contribution is 0.129. The summed E-state index contributed by atoms with van der Waals surface area (Å²) in [6, 6.07) is 1.27. The highest BCUT2D eigenvalue weighted by Crippen LogP contribution is 2.24. The van der Waals surface area contributed by atoms with Crippen LogP contribution >= 0.6 is 0 Å². The van der Waals surface area contributed by atoms with Crippen LogP contribution in [0.3, 0.4) is 0 Å². The topological polar surface area (TPSA) is 34.0 Å². The third-order valence-electron chi connectivity index (χ3n) is 4.72. The van der Waals surface area contributed by atoms with Crippen LogP contribution in [0.25, 0.3) is 0 Å². The van der Waals surface area contributed by atoms with Gasteiger partial charge in [0.1, 0.15) is 0 Å². The van der Waals surface area contributed by atoms with Gasteiger partial charge in [0.05, 0.1) is 11.7 Å². The molecule has 1 aromatic heterocycles. The van der Waals surface area contributed by atoms with Crippen molar-refractivity contribution in [3.63, 3.8) is 0 Å². The van der Waals surface area contributed by atoms with Crippen molar-refractivity contribution in [1.82, 2.24) is 19.9 Å². The van der Waals surface area contributed by atoms with E-state index >= 15 is 0 Å². The summed E-state index contributed by atoms with van der Waals surface area (Å²) in [6.45, 7) is 11.6. The van der Waals surface area contributed by atoms with Crippen LogP contribution in [0.5, 0.6) is 0 Å². The van der Waals surface area contributed by atoms with Crippen molar-refractivity contribution in [3.8, 4) is 0 Å². The fraction of sp³-hybridized carbons (Fsp3) is 0.882. The maximum Gasteiger partial charge on any atom is 0.0827 e. The Kier molecular flexibility index (Phi) is 6.22. The predicted molar refractivity (Wildman–Crippen MR) is 87.4 cm³/mol. The van der Waals surface area contributed by atoms with Crippen LogP contribution in [0.2, 0.25) is 0 Å². The first kappa shape index (κ1) is 16.5. The number of rotatable bonds is 7. The Hall–Kier alpha value is -0.900. The monoisotopic (exact) mass is 292 g/mol. The number of nitrogens with zero attached hydrogens (tertiary/aromatic N) is 4. The molecule has 1 aliphatic heterocycles. The smallest absolute Gasteiger partial charge is 0.0827 e. The van der Waals surface area contributed by atoms with Gasteiger partial charge in [-0.05, 0) is 44.9 Å². The quantitative estimate of drug-likeness (QED) is 0.768. The molecule has 21 heavy (non-hydrogen) atoms. The molecule has 2 rings (SSSR count). The Morgan fingerprint density at radius 3 is 2.52 bits per heavy atom. The Balaban J connectivity index is 1.79. The van der Waals surface area contributed by atoms with Gasteiger partial charge < -0.3 is 4.90 Å². The molecule has 4 nitrogen and oxygen atoms in total. The summed E-state index contributed by atoms with van der Waals surface area (Å²) >= 11 is 0. The minimum absolute atomic E-state index is 0.552. The van der Waals surface area contributed by atoms with Crippen LogP contribution in [0.4, 0.5) is 0 Å². The molecule has 1 aromatic rings. The molecular formula is C17H32N4. The van der Waals surface area contributed by atoms with Crippen molar-refractivity contribution in [2.45, 2.75) is 78.3 Å². The lowest BCUT2D eigenvalue weighted by Crippen LogP contribution is -2.40. The highest BCUT2D eigenvalue weighted by Gasteiger charge is 2.24. The number of hydrogen-bond donors (Lipinski definition) is 0. The van der Waals surface area contributed by atoms with Gasteiger partial charge >= 0.3 is 0 Å². The number of aromatic nitrogens is 3. The SMILES string of the molecule is CCCc1cn(C2CCN([C@H](C)CCC(C)C)CC2)nn1. The molecule has 0 radical (unpaired) electrons. The van der Waals surface area contributed by atoms with Gasteiger partial charge in [0.25, 0.3) is 0 Å². The summed E-state index contributed by atoms with van der Waals surface area (Å²) in [5.74, 6) is 0.817. The van der Waals surface area contributed by atoms with E-state index < -0.39 is 0 Å². The van der Waals surface area contributed by atoms with E-state index in [4.69, 9.17) is 0 Å². The molecule has 120 valence electrons. The molecule has 0 bridgehead atoms. The molecule has 0 aromatic carbocycles. The highest BCUT2D eigenvalue weighted by atomic mass is 15.4. The van der Waals surface area contributed by atoms with E-state index in [2.05, 4.69) is 53.8 Å². The van der Waals surface area contributed by atoms with Crippen LogP contribution in [0.1, 0.15) is 71.5 Å². The molecule has 1 saturated heterocycles. The number of likely N-dealkylation sites (tertiary alicyclic amines) is 1. The molecule has 1 aliphatic rings. The molecule has 4 heteroatoms. The molecule has 1 fully saturated rings. The third kappa shape index (κ3) is 4.80. The van der Waals surface area contributed by atoms with E-state index in [1.54, 1.807) is 0 Å². The maximum absolute atomic E-state index is 4.34. The van der Waals surface area contributed by atoms with Crippen molar-refractivity contribution < 1.29 is 0 Å². The first-order valence-electron chi connectivity index (χ1n) is 8.75. The van der Waals surface area contributed by atoms with Crippen LogP contribution in [0, 0.1) is 5.92 Å². The number of aryl methyl sites for hydroxylation is 1. The van der Waals surface area contributed by atoms with Gasteiger partial charge in [0.15, 0.2) is 0 Å². The Morgan fingerprint density at radius 2 is 1.90 bits per heavy atom. The fourth-order valence-electron chi connectivity index (χ4n) is 3.21. The zero-order valence-electron chi connectivity index (χ0n) is 14.3. The Morgan fingerprint density at radius 1 is 1.19 bits per heavy atom. The van der Waals surface area contributed by atoms with Crippen molar-refractivity contribution in [1.29, 1.82) is 0 Å². The lowest BCUT2D eigenvalue weighted by Gasteiger charge is -2.36. The normalized spacial score (nSPS) is 19.3. The second-order valence-electron chi connectivity index (χ2n) is 7.03. The zero-order valence-corrected chi connectivity index (χ0v) is 14.3. The van der Waals surface area contributed by atoms with E-state index in [1.165, 1.54) is 38.8 Å². The van der Waals surface area contributed by atoms with Gasteiger partial charge in [0.2, 0.25) is 0 Å². The summed E-state index contributed by atoms with van der Waals surface area (Å²) in [5.41, 5.74) is 1.14. The van der Waals surface area contributed by atoms with E-state index in [0.29, 0.717) is 6.04 Å². The number of piperidine rings is 1. The van der Waals surface area contributed by atoms with Crippen LogP contribution in [-0.4, -0.2) is 39.0 Å². The summed E-state index contributed by atoms with van der Waals surface area (Å²) in [5, 5.41) is 8.62. The van der Waals surface area contributed by atoms with E-state index in [1.807, 2.05) is 0 Å². The lowest BCUT2D eigenvalue weighted by atomic mass is 9.99. The summed E-state index contributed by atoms with van der Waals surface area (Å²) in [6.07, 6.45) is 9.43. The van der Waals surface area contributed by atoms with Crippen LogP contribution in [0.15, 0.2) is 6.20 Å². The summed E-state index contributed by atoms with van der Waals surface area (Å²) in [4.78, 5) is 2.66. The average molecular weight is 292 g/mol. The van der Waals surface area contributed by atoms with Crippen LogP contribution in [-0.2, 0) is 6.42 Å². The molecule has 2 heterocycles. The number of hydrogen-bond acceptors (Lipinski definition) is 3. The van der Waals surface area contributed by atoms with Crippen molar-refractivity contribution in [3.05, 3.63) is 11.9 Å². The van der Waals surface area contributed by atoms with Gasteiger partial charge in [-0.1, -0.05) is 32.4 Å². The summed E-state index contributed by atoms with van der Waals surface area (Å²) in [7, 11) is 0. The first-order chi connectivity index (χ1) is 10.1. The van der Waals surface area contributed by atoms with Gasteiger partial charge in [-0.3, -0.25) is 0 Å². The molecule has 0 aliphatic carbocycles. The minimum atomic E-state index is 0.552. The van der Waals surface area contributed by atoms with E-state index in [-0.39, 0.29) is 0 Å². The van der Waals surface area contributed by atoms with Crippen molar-refractivity contribution in [2.24, 2.45) is 5.92 Å². The molecular weight excluding hydrogens is 260 g/mol. The molecule has 0 N–H and O–H groups in total. The zero-order chi connectivity index (χ0) is 15.2. The van der Waals surface area contributed by atoms with Gasteiger partial charge in [-0.25, -0.2) is 4.68 Å². The minimum Gasteiger partial charge on any atom is -0.301 e. The Bertz CT molecular complexity index is 405. The third-order valence-corrected chi connectivity index (χ3v) is 4.72. The molecule has 0 saturated carbocycles. The summed E-state index contributed by atoms with van der Waals surface area (Å²) < 4.78 is 2.11. The Labute approximate surface area is 129 Å². The van der Waals surface area contributed by atoms with Gasteiger partial charge in [0, 0.05) is 25.3 Å². The predicted octanol–water partition coefficient (Wildman–Crippen LogP) is 3.69. The second kappa shape index (κ2) is 7.92.